The van der Waals surface area contributed by atoms with E-state index in [-0.39, 0.29) is 5.91 Å². The van der Waals surface area contributed by atoms with Crippen molar-refractivity contribution in [2.24, 2.45) is 0 Å². The summed E-state index contributed by atoms with van der Waals surface area (Å²) in [6, 6.07) is 14.7. The molecule has 2 N–H and O–H groups in total. The number of carbonyl (C=O) groups is 1. The molecule has 0 radical (unpaired) electrons. The van der Waals surface area contributed by atoms with Crippen molar-refractivity contribution in [1.29, 1.82) is 0 Å². The first-order valence-corrected chi connectivity index (χ1v) is 8.79. The Labute approximate surface area is 162 Å². The van der Waals surface area contributed by atoms with E-state index < -0.39 is 0 Å². The second-order valence-electron chi connectivity index (χ2n) is 5.87. The maximum absolute atomic E-state index is 12.3. The van der Waals surface area contributed by atoms with Crippen LogP contribution in [-0.4, -0.2) is 36.9 Å². The van der Waals surface area contributed by atoms with Crippen LogP contribution in [-0.2, 0) is 6.42 Å². The third kappa shape index (κ3) is 4.60. The van der Waals surface area contributed by atoms with Crippen LogP contribution in [0.15, 0.2) is 48.5 Å². The fraction of sp³-hybridized carbons (Fsp3) is 0.200. The summed E-state index contributed by atoms with van der Waals surface area (Å²) in [6.07, 6.45) is 0.718. The van der Waals surface area contributed by atoms with Crippen molar-refractivity contribution in [2.45, 2.75) is 6.42 Å². The zero-order valence-corrected chi connectivity index (χ0v) is 15.8. The van der Waals surface area contributed by atoms with Gasteiger partial charge < -0.3 is 14.8 Å². The Bertz CT molecular complexity index is 922. The summed E-state index contributed by atoms with van der Waals surface area (Å²) in [4.78, 5) is 12.3. The Kier molecular flexibility index (Phi) is 5.98. The summed E-state index contributed by atoms with van der Waals surface area (Å²) < 4.78 is 10.6. The van der Waals surface area contributed by atoms with Crippen LogP contribution < -0.4 is 14.8 Å². The molecule has 6 nitrogen and oxygen atoms in total. The van der Waals surface area contributed by atoms with E-state index in [0.717, 1.165) is 17.5 Å². The lowest BCUT2D eigenvalue weighted by molar-refractivity contribution is 0.0949. The summed E-state index contributed by atoms with van der Waals surface area (Å²) in [5.41, 5.74) is 2.89. The third-order valence-electron chi connectivity index (χ3n) is 4.12. The lowest BCUT2D eigenvalue weighted by atomic mass is 10.1. The van der Waals surface area contributed by atoms with Gasteiger partial charge in [0, 0.05) is 23.2 Å². The zero-order chi connectivity index (χ0) is 19.2. The number of methoxy groups -OCH3 is 2. The van der Waals surface area contributed by atoms with Crippen molar-refractivity contribution in [1.82, 2.24) is 15.5 Å². The highest BCUT2D eigenvalue weighted by molar-refractivity contribution is 6.30. The maximum Gasteiger partial charge on any atom is 0.269 e. The van der Waals surface area contributed by atoms with E-state index in [1.807, 2.05) is 36.4 Å². The molecule has 27 heavy (non-hydrogen) atoms. The molecule has 0 spiro atoms. The summed E-state index contributed by atoms with van der Waals surface area (Å²) in [5, 5.41) is 10.6. The van der Waals surface area contributed by atoms with E-state index in [4.69, 9.17) is 21.1 Å². The molecule has 0 fully saturated rings. The predicted molar refractivity (Wildman–Crippen MR) is 105 cm³/mol. The molecular formula is C20H20ClN3O3. The average Bonchev–Trinajstić information content (AvgIpc) is 3.19. The monoisotopic (exact) mass is 385 g/mol. The highest BCUT2D eigenvalue weighted by atomic mass is 35.5. The minimum atomic E-state index is -0.213. The van der Waals surface area contributed by atoms with Gasteiger partial charge in [-0.25, -0.2) is 0 Å². The molecule has 0 bridgehead atoms. The fourth-order valence-electron chi connectivity index (χ4n) is 2.65. The van der Waals surface area contributed by atoms with Crippen molar-refractivity contribution in [3.63, 3.8) is 0 Å². The van der Waals surface area contributed by atoms with Crippen LogP contribution >= 0.6 is 11.6 Å². The number of benzene rings is 2. The topological polar surface area (TPSA) is 76.2 Å². The second kappa shape index (κ2) is 8.60. The molecule has 0 aliphatic heterocycles. The molecule has 0 unspecified atom stereocenters. The van der Waals surface area contributed by atoms with Crippen LogP contribution in [0.5, 0.6) is 11.5 Å². The number of H-pyrrole nitrogens is 1. The molecule has 0 saturated carbocycles. The summed E-state index contributed by atoms with van der Waals surface area (Å²) >= 11 is 5.87. The lowest BCUT2D eigenvalue weighted by Gasteiger charge is -2.08. The van der Waals surface area contributed by atoms with Gasteiger partial charge in [0.2, 0.25) is 0 Å². The number of hydrogen-bond donors (Lipinski definition) is 2. The molecule has 7 heteroatoms. The fourth-order valence-corrected chi connectivity index (χ4v) is 2.78. The van der Waals surface area contributed by atoms with Crippen LogP contribution in [0.4, 0.5) is 0 Å². The number of hydrogen-bond acceptors (Lipinski definition) is 4. The van der Waals surface area contributed by atoms with Crippen LogP contribution in [0.25, 0.3) is 11.3 Å². The van der Waals surface area contributed by atoms with E-state index in [0.29, 0.717) is 34.5 Å². The van der Waals surface area contributed by atoms with Crippen LogP contribution in [0.1, 0.15) is 16.1 Å². The van der Waals surface area contributed by atoms with Gasteiger partial charge in [0.05, 0.1) is 19.9 Å². The number of nitrogens with one attached hydrogen (secondary N) is 2. The average molecular weight is 386 g/mol. The number of rotatable bonds is 7. The molecule has 0 saturated heterocycles. The molecule has 0 aliphatic rings. The first-order valence-electron chi connectivity index (χ1n) is 8.41. The molecular weight excluding hydrogens is 366 g/mol. The van der Waals surface area contributed by atoms with Crippen molar-refractivity contribution >= 4 is 17.5 Å². The maximum atomic E-state index is 12.3. The van der Waals surface area contributed by atoms with Gasteiger partial charge in [-0.05, 0) is 42.3 Å². The van der Waals surface area contributed by atoms with Crippen LogP contribution in [0, 0.1) is 0 Å². The number of ether oxygens (including phenoxy) is 2. The number of aromatic nitrogens is 2. The Hall–Kier alpha value is -2.99. The van der Waals surface area contributed by atoms with E-state index in [2.05, 4.69) is 15.5 Å². The molecule has 0 aliphatic carbocycles. The van der Waals surface area contributed by atoms with Crippen LogP contribution in [0.2, 0.25) is 5.02 Å². The zero-order valence-electron chi connectivity index (χ0n) is 15.1. The van der Waals surface area contributed by atoms with Gasteiger partial charge >= 0.3 is 0 Å². The Morgan fingerprint density at radius 1 is 1.11 bits per heavy atom. The van der Waals surface area contributed by atoms with E-state index >= 15 is 0 Å². The van der Waals surface area contributed by atoms with Gasteiger partial charge in [-0.15, -0.1) is 0 Å². The van der Waals surface area contributed by atoms with Crippen LogP contribution in [0.3, 0.4) is 0 Å². The van der Waals surface area contributed by atoms with E-state index in [9.17, 15) is 4.79 Å². The number of aromatic amines is 1. The number of nitrogens with zero attached hydrogens (tertiary/aromatic N) is 1. The third-order valence-corrected chi connectivity index (χ3v) is 4.37. The molecule has 2 aromatic carbocycles. The predicted octanol–water partition coefficient (Wildman–Crippen LogP) is 3.72. The van der Waals surface area contributed by atoms with Gasteiger partial charge in [0.1, 0.15) is 17.2 Å². The van der Waals surface area contributed by atoms with Crippen molar-refractivity contribution in [3.05, 3.63) is 64.8 Å². The summed E-state index contributed by atoms with van der Waals surface area (Å²) in [5.74, 6) is 1.09. The van der Waals surface area contributed by atoms with Crippen molar-refractivity contribution in [3.8, 4) is 22.8 Å². The molecule has 1 amide bonds. The van der Waals surface area contributed by atoms with Gasteiger partial charge in [-0.2, -0.15) is 5.10 Å². The van der Waals surface area contributed by atoms with Crippen molar-refractivity contribution < 1.29 is 14.3 Å². The largest absolute Gasteiger partial charge is 0.497 e. The first kappa shape index (κ1) is 18.8. The Balaban J connectivity index is 1.64. The number of amides is 1. The van der Waals surface area contributed by atoms with Gasteiger partial charge in [0.15, 0.2) is 0 Å². The first-order chi connectivity index (χ1) is 13.1. The summed E-state index contributed by atoms with van der Waals surface area (Å²) in [6.45, 7) is 0.515. The lowest BCUT2D eigenvalue weighted by Crippen LogP contribution is -2.26. The van der Waals surface area contributed by atoms with Gasteiger partial charge in [-0.3, -0.25) is 9.89 Å². The second-order valence-corrected chi connectivity index (χ2v) is 6.30. The standard InChI is InChI=1S/C20H20ClN3O3/c1-26-15-7-8-16(19(11-15)27-2)17-12-18(24-23-17)20(25)22-10-9-13-3-5-14(21)6-4-13/h3-8,11-12H,9-10H2,1-2H3,(H,22,25)(H,23,24). The van der Waals surface area contributed by atoms with E-state index in [1.165, 1.54) is 0 Å². The minimum Gasteiger partial charge on any atom is -0.497 e. The molecule has 1 aromatic heterocycles. The smallest absolute Gasteiger partial charge is 0.269 e. The SMILES string of the molecule is COc1ccc(-c2cc(C(=O)NCCc3ccc(Cl)cc3)[nH]n2)c(OC)c1. The molecule has 3 rings (SSSR count). The molecule has 140 valence electrons. The Morgan fingerprint density at radius 2 is 1.89 bits per heavy atom. The number of carbonyl (C=O) groups excluding carboxylic acids is 1. The summed E-state index contributed by atoms with van der Waals surface area (Å²) in [7, 11) is 3.17. The molecule has 3 aromatic rings. The minimum absolute atomic E-state index is 0.213. The number of halogens is 1. The highest BCUT2D eigenvalue weighted by Crippen LogP contribution is 2.32. The van der Waals surface area contributed by atoms with Crippen molar-refractivity contribution in [2.75, 3.05) is 20.8 Å². The highest BCUT2D eigenvalue weighted by Gasteiger charge is 2.14. The Morgan fingerprint density at radius 3 is 2.59 bits per heavy atom. The molecule has 0 atom stereocenters. The normalized spacial score (nSPS) is 10.5. The molecule has 1 heterocycles. The van der Waals surface area contributed by atoms with Gasteiger partial charge in [0.25, 0.3) is 5.91 Å². The van der Waals surface area contributed by atoms with Gasteiger partial charge in [-0.1, -0.05) is 23.7 Å². The quantitative estimate of drug-likeness (QED) is 0.649. The van der Waals surface area contributed by atoms with E-state index in [1.54, 1.807) is 26.4 Å².